The average molecular weight is 632 g/mol. The molecule has 0 atom stereocenters. The number of carbonyl (C=O) groups is 1. The quantitative estimate of drug-likeness (QED) is 0.194. The van der Waals surface area contributed by atoms with E-state index in [1.165, 1.54) is 61.9 Å². The Morgan fingerprint density at radius 2 is 1.66 bits per heavy atom. The number of benzene rings is 2. The molecule has 2 aliphatic rings. The highest BCUT2D eigenvalue weighted by molar-refractivity contribution is 6.05. The fourth-order valence-electron chi connectivity index (χ4n) is 6.33. The highest BCUT2D eigenvalue weighted by atomic mass is 19.1. The van der Waals surface area contributed by atoms with Gasteiger partial charge in [0.2, 0.25) is 5.43 Å². The molecule has 236 valence electrons. The third kappa shape index (κ3) is 5.90. The van der Waals surface area contributed by atoms with Gasteiger partial charge in [-0.1, -0.05) is 31.4 Å². The molecule has 2 aliphatic carbocycles. The predicted molar refractivity (Wildman–Crippen MR) is 174 cm³/mol. The lowest BCUT2D eigenvalue weighted by Gasteiger charge is -2.21. The number of nitrogens with one attached hydrogen (secondary N) is 1. The van der Waals surface area contributed by atoms with E-state index in [9.17, 15) is 19.2 Å². The van der Waals surface area contributed by atoms with Gasteiger partial charge < -0.3 is 15.6 Å². The van der Waals surface area contributed by atoms with Crippen LogP contribution in [0.5, 0.6) is 0 Å². The van der Waals surface area contributed by atoms with Gasteiger partial charge in [-0.25, -0.2) is 13.8 Å². The second-order valence-corrected chi connectivity index (χ2v) is 12.2. The summed E-state index contributed by atoms with van der Waals surface area (Å²) in [4.78, 5) is 31.4. The maximum atomic E-state index is 15.6. The predicted octanol–water partition coefficient (Wildman–Crippen LogP) is 7.27. The van der Waals surface area contributed by atoms with E-state index >= 15 is 4.39 Å². The van der Waals surface area contributed by atoms with Crippen LogP contribution in [0.15, 0.2) is 78.1 Å². The zero-order valence-electron chi connectivity index (χ0n) is 25.4. The van der Waals surface area contributed by atoms with Crippen molar-refractivity contribution in [2.24, 2.45) is 0 Å². The number of nitrogen functional groups attached to an aromatic ring is 1. The first kappa shape index (κ1) is 30.0. The molecule has 0 aliphatic heterocycles. The minimum atomic E-state index is -0.762. The lowest BCUT2D eigenvalue weighted by atomic mass is 9.96. The van der Waals surface area contributed by atoms with Crippen molar-refractivity contribution in [3.05, 3.63) is 106 Å². The van der Waals surface area contributed by atoms with Gasteiger partial charge in [-0.05, 0) is 67.6 Å². The smallest absolute Gasteiger partial charge is 0.261 e. The van der Waals surface area contributed by atoms with E-state index in [0.29, 0.717) is 17.2 Å². The fraction of sp³-hybridized carbons (Fsp3) is 0.250. The van der Waals surface area contributed by atoms with Crippen molar-refractivity contribution in [1.82, 2.24) is 19.3 Å². The Morgan fingerprint density at radius 3 is 2.36 bits per heavy atom. The van der Waals surface area contributed by atoms with Crippen molar-refractivity contribution >= 4 is 17.4 Å². The third-order valence-electron chi connectivity index (χ3n) is 8.98. The number of hydrogen-bond donors (Lipinski definition) is 2. The maximum absolute atomic E-state index is 15.6. The van der Waals surface area contributed by atoms with Crippen molar-refractivity contribution in [3.8, 4) is 39.4 Å². The average Bonchev–Trinajstić information content (AvgIpc) is 3.81. The van der Waals surface area contributed by atoms with E-state index < -0.39 is 23.0 Å². The summed E-state index contributed by atoms with van der Waals surface area (Å²) in [7, 11) is 0. The first-order valence-corrected chi connectivity index (χ1v) is 15.7. The fourth-order valence-corrected chi connectivity index (χ4v) is 6.33. The Morgan fingerprint density at radius 1 is 0.894 bits per heavy atom. The van der Waals surface area contributed by atoms with E-state index in [2.05, 4.69) is 21.5 Å². The molecule has 3 N–H and O–H groups in total. The van der Waals surface area contributed by atoms with Crippen LogP contribution in [0.1, 0.15) is 73.1 Å². The van der Waals surface area contributed by atoms with Gasteiger partial charge >= 0.3 is 0 Å². The number of pyridine rings is 2. The first-order valence-electron chi connectivity index (χ1n) is 15.7. The number of nitriles is 1. The molecule has 0 radical (unpaired) electrons. The number of nitrogens with zero attached hydrogens (tertiary/aromatic N) is 5. The second-order valence-electron chi connectivity index (χ2n) is 12.2. The molecule has 5 aromatic rings. The monoisotopic (exact) mass is 631 g/mol. The Labute approximate surface area is 269 Å². The molecule has 7 rings (SSSR count). The minimum Gasteiger partial charge on any atom is -0.383 e. The first-order chi connectivity index (χ1) is 22.8. The molecule has 1 amide bonds. The largest absolute Gasteiger partial charge is 0.383 e. The lowest BCUT2D eigenvalue weighted by Crippen LogP contribution is -2.26. The van der Waals surface area contributed by atoms with Gasteiger partial charge in [0.15, 0.2) is 0 Å². The summed E-state index contributed by atoms with van der Waals surface area (Å²) in [6.07, 6.45) is 14.2. The van der Waals surface area contributed by atoms with E-state index in [0.717, 1.165) is 42.9 Å². The Bertz CT molecular complexity index is 2100. The van der Waals surface area contributed by atoms with Crippen LogP contribution in [-0.2, 0) is 0 Å². The summed E-state index contributed by atoms with van der Waals surface area (Å²) in [5.41, 5.74) is 8.05. The highest BCUT2D eigenvalue weighted by Gasteiger charge is 2.30. The molecular formula is C36H31F2N7O2. The van der Waals surface area contributed by atoms with Gasteiger partial charge in [0.25, 0.3) is 5.91 Å². The van der Waals surface area contributed by atoms with Crippen LogP contribution in [-0.4, -0.2) is 25.2 Å². The van der Waals surface area contributed by atoms with Crippen molar-refractivity contribution < 1.29 is 13.6 Å². The Kier molecular flexibility index (Phi) is 7.85. The zero-order chi connectivity index (χ0) is 32.7. The molecule has 0 spiro atoms. The molecule has 2 aromatic carbocycles. The summed E-state index contributed by atoms with van der Waals surface area (Å²) in [6.45, 7) is 0. The number of amides is 1. The van der Waals surface area contributed by atoms with E-state index in [4.69, 9.17) is 5.73 Å². The van der Waals surface area contributed by atoms with Gasteiger partial charge in [-0.15, -0.1) is 0 Å². The van der Waals surface area contributed by atoms with Crippen molar-refractivity contribution in [1.29, 1.82) is 5.26 Å². The molecule has 47 heavy (non-hydrogen) atoms. The molecule has 0 saturated heterocycles. The molecule has 0 unspecified atom stereocenters. The van der Waals surface area contributed by atoms with E-state index in [1.807, 2.05) is 10.9 Å². The van der Waals surface area contributed by atoms with Crippen LogP contribution in [0.4, 0.5) is 20.3 Å². The molecule has 2 saturated carbocycles. The summed E-state index contributed by atoms with van der Waals surface area (Å²) in [5.74, 6) is -1.75. The van der Waals surface area contributed by atoms with E-state index in [-0.39, 0.29) is 39.9 Å². The third-order valence-corrected chi connectivity index (χ3v) is 8.98. The number of hydrogen-bond acceptors (Lipinski definition) is 6. The molecule has 9 nitrogen and oxygen atoms in total. The van der Waals surface area contributed by atoms with Crippen molar-refractivity contribution in [2.45, 2.75) is 57.0 Å². The molecule has 11 heteroatoms. The SMILES string of the molecule is N#Cc1c(-c2ccc(F)cc2)c(=O)c(C(=O)Nc2ccc(-c3cc(-c4cnn(C5CCCCC5)c4)cnc3N)c(F)c2)cn1C1CC1. The van der Waals surface area contributed by atoms with Gasteiger partial charge in [0, 0.05) is 52.6 Å². The van der Waals surface area contributed by atoms with Crippen LogP contribution in [0, 0.1) is 23.0 Å². The standard InChI is InChI=1S/C36H31F2N7O2/c37-24-8-6-21(7-9-24)33-32(16-39)44(26-11-12-26)20-30(34(33)46)36(47)43-25-10-13-28(31(38)15-25)29-14-22(17-41-35(29)40)23-18-42-45(19-23)27-4-2-1-3-5-27/h6-10,13-15,17-20,26-27H,1-5,11-12H2,(H2,40,41)(H,43,47). The molecular weight excluding hydrogens is 600 g/mol. The lowest BCUT2D eigenvalue weighted by molar-refractivity contribution is 0.102. The number of rotatable bonds is 7. The molecule has 3 heterocycles. The van der Waals surface area contributed by atoms with Crippen molar-refractivity contribution in [3.63, 3.8) is 0 Å². The van der Waals surface area contributed by atoms with Gasteiger partial charge in [0.1, 0.15) is 34.8 Å². The van der Waals surface area contributed by atoms with Crippen LogP contribution in [0.3, 0.4) is 0 Å². The molecule has 0 bridgehead atoms. The number of carbonyl (C=O) groups excluding carboxylic acids is 1. The number of nitrogens with two attached hydrogens (primary N) is 1. The Balaban J connectivity index is 1.17. The van der Waals surface area contributed by atoms with Crippen LogP contribution >= 0.6 is 0 Å². The Hall–Kier alpha value is -5.63. The topological polar surface area (TPSA) is 132 Å². The van der Waals surface area contributed by atoms with Gasteiger partial charge in [-0.2, -0.15) is 10.4 Å². The van der Waals surface area contributed by atoms with Crippen molar-refractivity contribution in [2.75, 3.05) is 11.1 Å². The summed E-state index contributed by atoms with van der Waals surface area (Å²) in [6, 6.07) is 13.6. The summed E-state index contributed by atoms with van der Waals surface area (Å²) in [5, 5.41) is 17.1. The highest BCUT2D eigenvalue weighted by Crippen LogP contribution is 2.38. The zero-order valence-corrected chi connectivity index (χ0v) is 25.4. The maximum Gasteiger partial charge on any atom is 0.261 e. The van der Waals surface area contributed by atoms with E-state index in [1.54, 1.807) is 23.0 Å². The second kappa shape index (κ2) is 12.3. The molecule has 3 aromatic heterocycles. The van der Waals surface area contributed by atoms with Crippen LogP contribution < -0.4 is 16.5 Å². The summed E-state index contributed by atoms with van der Waals surface area (Å²) < 4.78 is 32.9. The van der Waals surface area contributed by atoms with Gasteiger partial charge in [0.05, 0.1) is 17.8 Å². The van der Waals surface area contributed by atoms with Crippen LogP contribution in [0.2, 0.25) is 0 Å². The van der Waals surface area contributed by atoms with Gasteiger partial charge in [-0.3, -0.25) is 14.3 Å². The number of aromatic nitrogens is 4. The normalized spacial score (nSPS) is 14.9. The molecule has 2 fully saturated rings. The number of halogens is 2. The minimum absolute atomic E-state index is 0.0146. The summed E-state index contributed by atoms with van der Waals surface area (Å²) >= 11 is 0. The number of anilines is 2. The van der Waals surface area contributed by atoms with Crippen LogP contribution in [0.25, 0.3) is 33.4 Å².